The van der Waals surface area contributed by atoms with Crippen LogP contribution in [0, 0.1) is 11.6 Å². The smallest absolute Gasteiger partial charge is 0.435 e. The SMILES string of the molecule is O=C(O)c1ccc(C2=NOC(c3cc(F)c(F)c(C(F)(F)F)c3)(C(F)(F)F)C2)c2ccccc12. The molecular formula is C22H11F8NO3. The molecule has 1 atom stereocenters. The normalized spacial score (nSPS) is 18.6. The van der Waals surface area contributed by atoms with Crippen molar-refractivity contribution in [2.75, 3.05) is 0 Å². The molecule has 0 amide bonds. The fraction of sp³-hybridized carbons (Fsp3) is 0.182. The quantitative estimate of drug-likeness (QED) is 0.432. The molecule has 0 saturated carbocycles. The molecule has 12 heteroatoms. The summed E-state index contributed by atoms with van der Waals surface area (Å²) in [6, 6.07) is 7.99. The van der Waals surface area contributed by atoms with Gasteiger partial charge in [-0.1, -0.05) is 35.5 Å². The fourth-order valence-corrected chi connectivity index (χ4v) is 3.81. The third-order valence-electron chi connectivity index (χ3n) is 5.45. The van der Waals surface area contributed by atoms with Crippen LogP contribution in [-0.4, -0.2) is 23.0 Å². The second kappa shape index (κ2) is 7.67. The molecule has 0 aliphatic carbocycles. The van der Waals surface area contributed by atoms with Gasteiger partial charge in [-0.15, -0.1) is 0 Å². The van der Waals surface area contributed by atoms with Crippen molar-refractivity contribution in [1.82, 2.24) is 0 Å². The third kappa shape index (κ3) is 3.62. The number of carboxylic acids is 1. The number of fused-ring (bicyclic) bond motifs is 1. The van der Waals surface area contributed by atoms with E-state index in [1.807, 2.05) is 0 Å². The number of hydrogen-bond acceptors (Lipinski definition) is 3. The Balaban J connectivity index is 1.87. The number of carbonyl (C=O) groups is 1. The Kier molecular flexibility index (Phi) is 5.29. The van der Waals surface area contributed by atoms with Crippen molar-refractivity contribution < 1.29 is 49.9 Å². The number of rotatable bonds is 3. The molecule has 3 aromatic carbocycles. The van der Waals surface area contributed by atoms with Gasteiger partial charge in [-0.25, -0.2) is 13.6 Å². The van der Waals surface area contributed by atoms with E-state index in [9.17, 15) is 45.0 Å². The van der Waals surface area contributed by atoms with Crippen LogP contribution in [0.25, 0.3) is 10.8 Å². The number of halogens is 8. The average molecular weight is 489 g/mol. The molecule has 178 valence electrons. The predicted octanol–water partition coefficient (Wildman–Crippen LogP) is 6.42. The first-order valence-electron chi connectivity index (χ1n) is 9.40. The summed E-state index contributed by atoms with van der Waals surface area (Å²) in [6.07, 6.45) is -12.0. The molecule has 4 rings (SSSR count). The lowest BCUT2D eigenvalue weighted by Crippen LogP contribution is -2.43. The maximum atomic E-state index is 14.2. The molecule has 0 saturated heterocycles. The lowest BCUT2D eigenvalue weighted by molar-refractivity contribution is -0.276. The maximum Gasteiger partial charge on any atom is 0.435 e. The zero-order chi connectivity index (χ0) is 25.1. The van der Waals surface area contributed by atoms with Crippen LogP contribution in [0.1, 0.15) is 33.5 Å². The number of carboxylic acid groups (broad SMARTS) is 1. The minimum atomic E-state index is -5.47. The number of benzene rings is 3. The largest absolute Gasteiger partial charge is 0.478 e. The summed E-state index contributed by atoms with van der Waals surface area (Å²) in [7, 11) is 0. The Morgan fingerprint density at radius 3 is 2.21 bits per heavy atom. The van der Waals surface area contributed by atoms with Gasteiger partial charge >= 0.3 is 18.3 Å². The Morgan fingerprint density at radius 2 is 1.62 bits per heavy atom. The molecule has 1 N–H and O–H groups in total. The van der Waals surface area contributed by atoms with E-state index in [1.54, 1.807) is 0 Å². The van der Waals surface area contributed by atoms with Gasteiger partial charge in [0.2, 0.25) is 0 Å². The van der Waals surface area contributed by atoms with E-state index >= 15 is 0 Å². The number of aromatic carboxylic acids is 1. The Morgan fingerprint density at radius 1 is 0.971 bits per heavy atom. The maximum absolute atomic E-state index is 14.2. The first-order chi connectivity index (χ1) is 15.8. The molecule has 4 nitrogen and oxygen atoms in total. The Labute approximate surface area is 185 Å². The van der Waals surface area contributed by atoms with E-state index < -0.39 is 53.1 Å². The highest BCUT2D eigenvalue weighted by atomic mass is 19.4. The van der Waals surface area contributed by atoms with Gasteiger partial charge in [0, 0.05) is 17.5 Å². The average Bonchev–Trinajstić information content (AvgIpc) is 3.20. The van der Waals surface area contributed by atoms with Crippen LogP contribution in [0.15, 0.2) is 53.7 Å². The molecule has 0 bridgehead atoms. The zero-order valence-electron chi connectivity index (χ0n) is 16.6. The monoisotopic (exact) mass is 489 g/mol. The fourth-order valence-electron chi connectivity index (χ4n) is 3.81. The first-order valence-corrected chi connectivity index (χ1v) is 9.40. The highest BCUT2D eigenvalue weighted by Gasteiger charge is 2.63. The van der Waals surface area contributed by atoms with Crippen molar-refractivity contribution in [1.29, 1.82) is 0 Å². The van der Waals surface area contributed by atoms with Gasteiger partial charge in [-0.3, -0.25) is 0 Å². The molecule has 1 aliphatic heterocycles. The van der Waals surface area contributed by atoms with Crippen LogP contribution in [0.4, 0.5) is 35.1 Å². The third-order valence-corrected chi connectivity index (χ3v) is 5.45. The van der Waals surface area contributed by atoms with Gasteiger partial charge in [-0.2, -0.15) is 26.3 Å². The summed E-state index contributed by atoms with van der Waals surface area (Å²) < 4.78 is 110. The van der Waals surface area contributed by atoms with E-state index in [0.717, 1.165) is 6.07 Å². The van der Waals surface area contributed by atoms with E-state index in [2.05, 4.69) is 9.99 Å². The zero-order valence-corrected chi connectivity index (χ0v) is 16.6. The second-order valence-corrected chi connectivity index (χ2v) is 7.46. The van der Waals surface area contributed by atoms with Gasteiger partial charge in [-0.05, 0) is 29.0 Å². The molecule has 1 unspecified atom stereocenters. The molecule has 0 fully saturated rings. The number of alkyl halides is 6. The first kappa shape index (κ1) is 23.5. The van der Waals surface area contributed by atoms with Gasteiger partial charge < -0.3 is 9.94 Å². The summed E-state index contributed by atoms with van der Waals surface area (Å²) in [5.74, 6) is -5.77. The topological polar surface area (TPSA) is 58.9 Å². The minimum absolute atomic E-state index is 0.0117. The molecule has 0 aromatic heterocycles. The van der Waals surface area contributed by atoms with Gasteiger partial charge in [0.15, 0.2) is 11.6 Å². The second-order valence-electron chi connectivity index (χ2n) is 7.46. The van der Waals surface area contributed by atoms with Crippen molar-refractivity contribution >= 4 is 22.5 Å². The number of hydrogen-bond donors (Lipinski definition) is 1. The van der Waals surface area contributed by atoms with Crippen molar-refractivity contribution in [3.05, 3.63) is 82.4 Å². The van der Waals surface area contributed by atoms with Crippen molar-refractivity contribution in [3.8, 4) is 0 Å². The molecule has 1 heterocycles. The van der Waals surface area contributed by atoms with Crippen molar-refractivity contribution in [2.45, 2.75) is 24.4 Å². The van der Waals surface area contributed by atoms with Crippen molar-refractivity contribution in [3.63, 3.8) is 0 Å². The molecule has 0 radical (unpaired) electrons. The van der Waals surface area contributed by atoms with E-state index in [0.29, 0.717) is 0 Å². The lowest BCUT2D eigenvalue weighted by atomic mass is 9.84. The minimum Gasteiger partial charge on any atom is -0.478 e. The molecule has 0 spiro atoms. The lowest BCUT2D eigenvalue weighted by Gasteiger charge is -2.30. The van der Waals surface area contributed by atoms with Gasteiger partial charge in [0.25, 0.3) is 5.60 Å². The van der Waals surface area contributed by atoms with E-state index in [-0.39, 0.29) is 39.7 Å². The molecular weight excluding hydrogens is 478 g/mol. The van der Waals surface area contributed by atoms with E-state index in [1.165, 1.54) is 30.3 Å². The van der Waals surface area contributed by atoms with Crippen LogP contribution in [0.5, 0.6) is 0 Å². The van der Waals surface area contributed by atoms with Gasteiger partial charge in [0.1, 0.15) is 0 Å². The standard InChI is InChI=1S/C22H11F8NO3/c23-16-8-10(7-15(18(16)24)21(25,26)27)20(22(28,29)30)9-17(31-34-20)13-5-6-14(19(32)33)12-4-2-1-3-11(12)13/h1-8H,9H2,(H,32,33). The number of oxime groups is 1. The Hall–Kier alpha value is -3.70. The Bertz CT molecular complexity index is 1350. The summed E-state index contributed by atoms with van der Waals surface area (Å²) in [5.41, 5.74) is -7.56. The molecule has 3 aromatic rings. The van der Waals surface area contributed by atoms with Crippen LogP contribution in [0.2, 0.25) is 0 Å². The van der Waals surface area contributed by atoms with Crippen molar-refractivity contribution in [2.24, 2.45) is 5.16 Å². The van der Waals surface area contributed by atoms with E-state index in [4.69, 9.17) is 0 Å². The summed E-state index contributed by atoms with van der Waals surface area (Å²) in [6.45, 7) is 0. The van der Waals surface area contributed by atoms with Crippen LogP contribution in [-0.2, 0) is 16.6 Å². The molecule has 34 heavy (non-hydrogen) atoms. The molecule has 1 aliphatic rings. The van der Waals surface area contributed by atoms with Crippen LogP contribution >= 0.6 is 0 Å². The summed E-state index contributed by atoms with van der Waals surface area (Å²) in [4.78, 5) is 16.1. The highest BCUT2D eigenvalue weighted by Crippen LogP contribution is 2.50. The van der Waals surface area contributed by atoms with Crippen LogP contribution in [0.3, 0.4) is 0 Å². The summed E-state index contributed by atoms with van der Waals surface area (Å²) in [5, 5.41) is 13.1. The number of nitrogens with zero attached hydrogens (tertiary/aromatic N) is 1. The van der Waals surface area contributed by atoms with Gasteiger partial charge in [0.05, 0.1) is 16.8 Å². The van der Waals surface area contributed by atoms with Crippen LogP contribution < -0.4 is 0 Å². The predicted molar refractivity (Wildman–Crippen MR) is 102 cm³/mol. The highest BCUT2D eigenvalue weighted by molar-refractivity contribution is 6.15. The summed E-state index contributed by atoms with van der Waals surface area (Å²) >= 11 is 0.